The molecule has 2 heterocycles. The fraction of sp³-hybridized carbons (Fsp3) is 0.444. The number of ketones is 1. The molecule has 2 rings (SSSR count). The maximum Gasteiger partial charge on any atom is 0.354 e. The largest absolute Gasteiger partial charge is 0.477 e. The van der Waals surface area contributed by atoms with E-state index in [4.69, 9.17) is 5.11 Å². The Labute approximate surface area is 100 Å². The molecular weight excluding hydrogens is 250 g/mol. The van der Waals surface area contributed by atoms with Crippen LogP contribution in [0.25, 0.3) is 0 Å². The van der Waals surface area contributed by atoms with Crippen LogP contribution in [0.1, 0.15) is 13.3 Å². The fourth-order valence-corrected chi connectivity index (χ4v) is 4.03. The molecule has 1 N–H and O–H groups in total. The molecule has 1 atom stereocenters. The lowest BCUT2D eigenvalue weighted by Gasteiger charge is -2.33. The van der Waals surface area contributed by atoms with Crippen LogP contribution in [0.2, 0.25) is 0 Å². The highest BCUT2D eigenvalue weighted by molar-refractivity contribution is 8.23. The molecule has 5 nitrogen and oxygen atoms in total. The van der Waals surface area contributed by atoms with Crippen LogP contribution in [0.5, 0.6) is 0 Å². The lowest BCUT2D eigenvalue weighted by molar-refractivity contribution is -0.145. The molecule has 1 fully saturated rings. The first-order chi connectivity index (χ1) is 7.50. The van der Waals surface area contributed by atoms with Crippen molar-refractivity contribution in [3.05, 3.63) is 9.93 Å². The number of β-lactam (4-membered cyclic amide) rings is 1. The Bertz CT molecular complexity index is 418. The molecule has 2 aliphatic rings. The normalized spacial score (nSPS) is 23.2. The van der Waals surface area contributed by atoms with Crippen LogP contribution in [0.15, 0.2) is 9.93 Å². The Kier molecular flexibility index (Phi) is 2.98. The van der Waals surface area contributed by atoms with E-state index in [0.29, 0.717) is 10.7 Å². The molecule has 1 amide bonds. The molecule has 0 unspecified atom stereocenters. The van der Waals surface area contributed by atoms with Gasteiger partial charge in [-0.1, -0.05) is 11.8 Å². The summed E-state index contributed by atoms with van der Waals surface area (Å²) in [5.41, 5.74) is 0.0394. The van der Waals surface area contributed by atoms with E-state index in [2.05, 4.69) is 0 Å². The van der Waals surface area contributed by atoms with Crippen molar-refractivity contribution in [1.82, 2.24) is 4.90 Å². The summed E-state index contributed by atoms with van der Waals surface area (Å²) in [6.07, 6.45) is 0.381. The topological polar surface area (TPSA) is 74.7 Å². The molecule has 0 aromatic carbocycles. The van der Waals surface area contributed by atoms with Crippen LogP contribution in [-0.4, -0.2) is 38.8 Å². The van der Waals surface area contributed by atoms with E-state index in [1.54, 1.807) is 0 Å². The second kappa shape index (κ2) is 4.14. The summed E-state index contributed by atoms with van der Waals surface area (Å²) in [6, 6.07) is 0. The second-order valence-corrected chi connectivity index (χ2v) is 5.90. The molecule has 0 aliphatic carbocycles. The van der Waals surface area contributed by atoms with Gasteiger partial charge in [0.1, 0.15) is 5.78 Å². The Balaban J connectivity index is 2.18. The van der Waals surface area contributed by atoms with Gasteiger partial charge in [0.15, 0.2) is 5.70 Å². The summed E-state index contributed by atoms with van der Waals surface area (Å²) >= 11 is 2.55. The van der Waals surface area contributed by atoms with Gasteiger partial charge in [-0.25, -0.2) is 4.79 Å². The average Bonchev–Trinajstić information content (AvgIpc) is 2.47. The predicted molar refractivity (Wildman–Crippen MR) is 60.6 cm³/mol. The molecule has 16 heavy (non-hydrogen) atoms. The zero-order valence-corrected chi connectivity index (χ0v) is 10.1. The van der Waals surface area contributed by atoms with E-state index in [-0.39, 0.29) is 28.5 Å². The molecule has 86 valence electrons. The number of carbonyl (C=O) groups is 3. The highest BCUT2D eigenvalue weighted by Crippen LogP contribution is 2.50. The van der Waals surface area contributed by atoms with Crippen molar-refractivity contribution in [3.8, 4) is 0 Å². The Morgan fingerprint density at radius 2 is 2.31 bits per heavy atom. The van der Waals surface area contributed by atoms with E-state index in [0.717, 1.165) is 0 Å². The first-order valence-corrected chi connectivity index (χ1v) is 6.45. The van der Waals surface area contributed by atoms with Crippen molar-refractivity contribution in [2.45, 2.75) is 18.7 Å². The van der Waals surface area contributed by atoms with E-state index in [9.17, 15) is 14.4 Å². The third-order valence-electron chi connectivity index (χ3n) is 2.19. The van der Waals surface area contributed by atoms with Crippen molar-refractivity contribution >= 4 is 41.2 Å². The molecule has 2 aliphatic heterocycles. The third-order valence-corrected chi connectivity index (χ3v) is 4.90. The highest BCUT2D eigenvalue weighted by atomic mass is 32.2. The first kappa shape index (κ1) is 11.5. The van der Waals surface area contributed by atoms with Crippen LogP contribution >= 0.6 is 23.5 Å². The molecule has 0 aromatic heterocycles. The molecule has 0 aromatic rings. The summed E-state index contributed by atoms with van der Waals surface area (Å²) in [6.45, 7) is 1.45. The van der Waals surface area contributed by atoms with Gasteiger partial charge in [-0.3, -0.25) is 14.5 Å². The Morgan fingerprint density at radius 1 is 1.62 bits per heavy atom. The van der Waals surface area contributed by atoms with Crippen LogP contribution in [0, 0.1) is 0 Å². The zero-order chi connectivity index (χ0) is 11.9. The number of Topliss-reactive ketones (excluding diaryl/α,β-unsaturated/α-hetero) is 1. The summed E-state index contributed by atoms with van der Waals surface area (Å²) in [5, 5.41) is 8.95. The maximum absolute atomic E-state index is 11.2. The minimum absolute atomic E-state index is 0.0107. The molecule has 0 bridgehead atoms. The van der Waals surface area contributed by atoms with E-state index in [1.165, 1.54) is 35.3 Å². The van der Waals surface area contributed by atoms with Crippen LogP contribution in [0.3, 0.4) is 0 Å². The summed E-state index contributed by atoms with van der Waals surface area (Å²) in [7, 11) is 0. The number of rotatable bonds is 4. The number of nitrogens with zero attached hydrogens (tertiary/aromatic N) is 1. The second-order valence-electron chi connectivity index (χ2n) is 3.47. The van der Waals surface area contributed by atoms with Crippen LogP contribution in [0.4, 0.5) is 0 Å². The number of carboxylic acids is 1. The molecular formula is C9H9NO4S2. The average molecular weight is 259 g/mol. The van der Waals surface area contributed by atoms with Crippen molar-refractivity contribution < 1.29 is 19.5 Å². The zero-order valence-electron chi connectivity index (χ0n) is 8.43. The summed E-state index contributed by atoms with van der Waals surface area (Å²) in [5.74, 6) is -1.03. The number of carbonyl (C=O) groups excluding carboxylic acids is 2. The maximum atomic E-state index is 11.2. The monoisotopic (exact) mass is 259 g/mol. The number of fused-ring (bicyclic) bond motifs is 1. The number of amides is 1. The van der Waals surface area contributed by atoms with Crippen molar-refractivity contribution in [2.75, 3.05) is 5.75 Å². The predicted octanol–water partition coefficient (Wildman–Crippen LogP) is 0.867. The minimum atomic E-state index is -1.10. The number of hydrogen-bond donors (Lipinski definition) is 1. The summed E-state index contributed by atoms with van der Waals surface area (Å²) in [4.78, 5) is 34.4. The van der Waals surface area contributed by atoms with Gasteiger partial charge < -0.3 is 5.11 Å². The summed E-state index contributed by atoms with van der Waals surface area (Å²) < 4.78 is 0.568. The SMILES string of the molecule is CC(=O)CSC1=C(C(=O)O)N2C(=O)C[C@@H]2S1. The van der Waals surface area contributed by atoms with E-state index < -0.39 is 5.97 Å². The first-order valence-electron chi connectivity index (χ1n) is 4.59. The van der Waals surface area contributed by atoms with E-state index >= 15 is 0 Å². The van der Waals surface area contributed by atoms with Gasteiger partial charge in [-0.15, -0.1) is 11.8 Å². The van der Waals surface area contributed by atoms with Crippen LogP contribution < -0.4 is 0 Å². The van der Waals surface area contributed by atoms with Crippen molar-refractivity contribution in [2.24, 2.45) is 0 Å². The molecule has 0 radical (unpaired) electrons. The van der Waals surface area contributed by atoms with Crippen molar-refractivity contribution in [3.63, 3.8) is 0 Å². The minimum Gasteiger partial charge on any atom is -0.477 e. The number of hydrogen-bond acceptors (Lipinski definition) is 5. The van der Waals surface area contributed by atoms with E-state index in [1.807, 2.05) is 0 Å². The Hall–Kier alpha value is -0.950. The number of thioether (sulfide) groups is 2. The van der Waals surface area contributed by atoms with Crippen LogP contribution in [-0.2, 0) is 14.4 Å². The van der Waals surface area contributed by atoms with Gasteiger partial charge in [-0.2, -0.15) is 0 Å². The Morgan fingerprint density at radius 3 is 2.81 bits per heavy atom. The van der Waals surface area contributed by atoms with Gasteiger partial charge in [0.05, 0.1) is 21.8 Å². The third kappa shape index (κ3) is 1.84. The standard InChI is InChI=1S/C9H9NO4S2/c1-4(11)3-15-9-7(8(13)14)10-5(12)2-6(10)16-9/h6H,2-3H2,1H3,(H,13,14)/t6-/m0/s1. The molecule has 7 heteroatoms. The molecule has 0 spiro atoms. The van der Waals surface area contributed by atoms with Gasteiger partial charge in [0.2, 0.25) is 5.91 Å². The molecule has 1 saturated heterocycles. The van der Waals surface area contributed by atoms with Gasteiger partial charge >= 0.3 is 5.97 Å². The smallest absolute Gasteiger partial charge is 0.354 e. The van der Waals surface area contributed by atoms with Gasteiger partial charge in [-0.05, 0) is 6.92 Å². The lowest BCUT2D eigenvalue weighted by atomic mass is 10.2. The fourth-order valence-electron chi connectivity index (χ4n) is 1.49. The number of carboxylic acid groups (broad SMARTS) is 1. The van der Waals surface area contributed by atoms with Gasteiger partial charge in [0.25, 0.3) is 0 Å². The lowest BCUT2D eigenvalue weighted by Crippen LogP contribution is -2.48. The number of aliphatic carboxylic acids is 1. The molecule has 0 saturated carbocycles. The van der Waals surface area contributed by atoms with Gasteiger partial charge in [0, 0.05) is 0 Å². The quantitative estimate of drug-likeness (QED) is 0.755. The van der Waals surface area contributed by atoms with Crippen molar-refractivity contribution in [1.29, 1.82) is 0 Å². The highest BCUT2D eigenvalue weighted by Gasteiger charge is 2.48.